The fourth-order valence-corrected chi connectivity index (χ4v) is 1.33. The minimum atomic E-state index is 0.600. The topological polar surface area (TPSA) is 41.6 Å². The molecule has 0 radical (unpaired) electrons. The Bertz CT molecular complexity index is 491. The van der Waals surface area contributed by atoms with Crippen molar-refractivity contribution < 1.29 is 0 Å². The molecule has 0 atom stereocenters. The van der Waals surface area contributed by atoms with Crippen molar-refractivity contribution in [1.29, 1.82) is 5.26 Å². The molecule has 0 aliphatic carbocycles. The number of hydrogen-bond acceptors (Lipinski definition) is 2. The van der Waals surface area contributed by atoms with E-state index in [1.54, 1.807) is 10.6 Å². The van der Waals surface area contributed by atoms with E-state index in [0.29, 0.717) is 5.69 Å². The Morgan fingerprint density at radius 2 is 2.14 bits per heavy atom. The summed E-state index contributed by atoms with van der Waals surface area (Å²) in [5.74, 6) is 0.784. The van der Waals surface area contributed by atoms with Gasteiger partial charge >= 0.3 is 0 Å². The molecule has 0 fully saturated rings. The maximum Gasteiger partial charge on any atom is 0.137 e. The van der Waals surface area contributed by atoms with Gasteiger partial charge in [0.2, 0.25) is 0 Å². The van der Waals surface area contributed by atoms with Crippen molar-refractivity contribution >= 4 is 0 Å². The highest BCUT2D eigenvalue weighted by molar-refractivity contribution is 5.34. The average Bonchev–Trinajstić information content (AvgIpc) is 2.65. The van der Waals surface area contributed by atoms with Crippen LogP contribution in [0.4, 0.5) is 0 Å². The molecule has 0 saturated heterocycles. The molecule has 0 aromatic carbocycles. The summed E-state index contributed by atoms with van der Waals surface area (Å²) in [5.41, 5.74) is 1.54. The van der Waals surface area contributed by atoms with Gasteiger partial charge in [0.15, 0.2) is 0 Å². The number of pyridine rings is 1. The second-order valence-corrected chi connectivity index (χ2v) is 3.01. The number of aryl methyl sites for hydroxylation is 1. The van der Waals surface area contributed by atoms with Gasteiger partial charge in [-0.1, -0.05) is 6.07 Å². The van der Waals surface area contributed by atoms with Crippen LogP contribution >= 0.6 is 0 Å². The Morgan fingerprint density at radius 1 is 1.29 bits per heavy atom. The summed E-state index contributed by atoms with van der Waals surface area (Å²) >= 11 is 0. The van der Waals surface area contributed by atoms with Gasteiger partial charge in [0.1, 0.15) is 17.6 Å². The van der Waals surface area contributed by atoms with Crippen molar-refractivity contribution in [2.45, 2.75) is 6.92 Å². The predicted molar refractivity (Wildman–Crippen MR) is 53.0 cm³/mol. The maximum absolute atomic E-state index is 8.84. The first-order valence-electron chi connectivity index (χ1n) is 4.33. The zero-order valence-electron chi connectivity index (χ0n) is 7.81. The lowest BCUT2D eigenvalue weighted by Crippen LogP contribution is -1.98. The van der Waals surface area contributed by atoms with Crippen molar-refractivity contribution in [3.63, 3.8) is 0 Å². The normalized spacial score (nSPS) is 9.71. The summed E-state index contributed by atoms with van der Waals surface area (Å²) < 4.78 is 1.77. The van der Waals surface area contributed by atoms with Crippen LogP contribution < -0.4 is 0 Å². The van der Waals surface area contributed by atoms with Crippen LogP contribution in [0, 0.1) is 18.3 Å². The van der Waals surface area contributed by atoms with E-state index in [4.69, 9.17) is 5.26 Å². The van der Waals surface area contributed by atoms with E-state index in [0.717, 1.165) is 11.5 Å². The molecule has 0 bridgehead atoms. The molecule has 2 heterocycles. The lowest BCUT2D eigenvalue weighted by atomic mass is 10.3. The lowest BCUT2D eigenvalue weighted by Gasteiger charge is -2.03. The van der Waals surface area contributed by atoms with Crippen molar-refractivity contribution in [3.8, 4) is 11.9 Å². The maximum atomic E-state index is 8.84. The lowest BCUT2D eigenvalue weighted by molar-refractivity contribution is 0.972. The van der Waals surface area contributed by atoms with Crippen molar-refractivity contribution in [1.82, 2.24) is 9.55 Å². The molecule has 68 valence electrons. The minimum absolute atomic E-state index is 0.600. The predicted octanol–water partition coefficient (Wildman–Crippen LogP) is 2.05. The van der Waals surface area contributed by atoms with Crippen LogP contribution in [0.25, 0.3) is 5.82 Å². The molecule has 0 N–H and O–H groups in total. The molecule has 0 amide bonds. The summed E-state index contributed by atoms with van der Waals surface area (Å²) in [4.78, 5) is 4.34. The highest BCUT2D eigenvalue weighted by Gasteiger charge is 2.02. The van der Waals surface area contributed by atoms with E-state index in [1.165, 1.54) is 0 Å². The fraction of sp³-hybridized carbons (Fsp3) is 0.0909. The van der Waals surface area contributed by atoms with Gasteiger partial charge in [0.25, 0.3) is 0 Å². The molecule has 2 aromatic rings. The number of nitriles is 1. The zero-order valence-corrected chi connectivity index (χ0v) is 7.81. The Morgan fingerprint density at radius 3 is 2.86 bits per heavy atom. The van der Waals surface area contributed by atoms with Crippen LogP contribution in [0.1, 0.15) is 11.4 Å². The monoisotopic (exact) mass is 183 g/mol. The molecule has 0 unspecified atom stereocenters. The summed E-state index contributed by atoms with van der Waals surface area (Å²) in [5, 5.41) is 8.84. The van der Waals surface area contributed by atoms with Crippen molar-refractivity contribution in [2.24, 2.45) is 0 Å². The molecule has 0 aliphatic rings. The van der Waals surface area contributed by atoms with Gasteiger partial charge in [-0.05, 0) is 31.2 Å². The Kier molecular flexibility index (Phi) is 2.04. The van der Waals surface area contributed by atoms with Gasteiger partial charge < -0.3 is 0 Å². The highest BCUT2D eigenvalue weighted by Crippen LogP contribution is 2.09. The van der Waals surface area contributed by atoms with Crippen LogP contribution in [0.3, 0.4) is 0 Å². The van der Waals surface area contributed by atoms with Gasteiger partial charge in [-0.3, -0.25) is 4.57 Å². The van der Waals surface area contributed by atoms with Crippen LogP contribution in [-0.2, 0) is 0 Å². The van der Waals surface area contributed by atoms with Crippen LogP contribution in [0.15, 0.2) is 36.5 Å². The first-order chi connectivity index (χ1) is 6.81. The second kappa shape index (κ2) is 3.35. The van der Waals surface area contributed by atoms with Gasteiger partial charge in [0, 0.05) is 11.9 Å². The van der Waals surface area contributed by atoms with E-state index in [2.05, 4.69) is 11.1 Å². The molecular weight excluding hydrogens is 174 g/mol. The van der Waals surface area contributed by atoms with E-state index in [9.17, 15) is 0 Å². The highest BCUT2D eigenvalue weighted by atomic mass is 15.1. The van der Waals surface area contributed by atoms with E-state index in [1.807, 2.05) is 37.4 Å². The largest absolute Gasteiger partial charge is 0.293 e. The van der Waals surface area contributed by atoms with Crippen molar-refractivity contribution in [2.75, 3.05) is 0 Å². The molecule has 14 heavy (non-hydrogen) atoms. The molecule has 0 saturated carbocycles. The van der Waals surface area contributed by atoms with Gasteiger partial charge in [-0.2, -0.15) is 5.26 Å². The Hall–Kier alpha value is -2.08. The van der Waals surface area contributed by atoms with Crippen LogP contribution in [0.2, 0.25) is 0 Å². The first-order valence-corrected chi connectivity index (χ1v) is 4.33. The first kappa shape index (κ1) is 8.52. The van der Waals surface area contributed by atoms with Gasteiger partial charge in [0.05, 0.1) is 0 Å². The second-order valence-electron chi connectivity index (χ2n) is 3.01. The van der Waals surface area contributed by atoms with Gasteiger partial charge in [-0.15, -0.1) is 0 Å². The molecule has 3 heteroatoms. The molecule has 3 nitrogen and oxygen atoms in total. The summed E-state index contributed by atoms with van der Waals surface area (Å²) in [7, 11) is 0. The van der Waals surface area contributed by atoms with Crippen LogP contribution in [0.5, 0.6) is 0 Å². The van der Waals surface area contributed by atoms with Gasteiger partial charge in [-0.25, -0.2) is 4.98 Å². The summed E-state index contributed by atoms with van der Waals surface area (Å²) in [6.45, 7) is 1.93. The summed E-state index contributed by atoms with van der Waals surface area (Å²) in [6.07, 6.45) is 1.83. The molecule has 2 aromatic heterocycles. The average molecular weight is 183 g/mol. The summed E-state index contributed by atoms with van der Waals surface area (Å²) in [6, 6.07) is 11.5. The third-order valence-electron chi connectivity index (χ3n) is 1.98. The molecule has 0 spiro atoms. The SMILES string of the molecule is Cc1cccc(-n2cccc2C#N)n1. The van der Waals surface area contributed by atoms with E-state index < -0.39 is 0 Å². The minimum Gasteiger partial charge on any atom is -0.293 e. The van der Waals surface area contributed by atoms with E-state index >= 15 is 0 Å². The van der Waals surface area contributed by atoms with Crippen molar-refractivity contribution in [3.05, 3.63) is 47.9 Å². The standard InChI is InChI=1S/C11H9N3/c1-9-4-2-6-11(13-9)14-7-3-5-10(14)8-12/h2-7H,1H3. The zero-order chi connectivity index (χ0) is 9.97. The number of rotatable bonds is 1. The quantitative estimate of drug-likeness (QED) is 0.679. The molecule has 0 aliphatic heterocycles. The van der Waals surface area contributed by atoms with E-state index in [-0.39, 0.29) is 0 Å². The Labute approximate surface area is 82.2 Å². The Balaban J connectivity index is 2.56. The van der Waals surface area contributed by atoms with Crippen LogP contribution in [-0.4, -0.2) is 9.55 Å². The number of nitrogens with zero attached hydrogens (tertiary/aromatic N) is 3. The smallest absolute Gasteiger partial charge is 0.137 e. The third-order valence-corrected chi connectivity index (χ3v) is 1.98. The fourth-order valence-electron chi connectivity index (χ4n) is 1.33. The number of hydrogen-bond donors (Lipinski definition) is 0. The third kappa shape index (κ3) is 1.38. The molecule has 2 rings (SSSR count). The molecular formula is C11H9N3. The number of aromatic nitrogens is 2.